The molecule has 1 N–H and O–H groups in total. The van der Waals surface area contributed by atoms with Crippen molar-refractivity contribution in [2.24, 2.45) is 0 Å². The van der Waals surface area contributed by atoms with Crippen LogP contribution in [0.15, 0.2) is 72.8 Å². The van der Waals surface area contributed by atoms with E-state index in [-0.39, 0.29) is 23.8 Å². The van der Waals surface area contributed by atoms with Crippen LogP contribution in [-0.4, -0.2) is 20.1 Å². The van der Waals surface area contributed by atoms with Crippen LogP contribution in [0, 0.1) is 0 Å². The number of hydrogen-bond acceptors (Lipinski definition) is 3. The van der Waals surface area contributed by atoms with E-state index in [1.807, 2.05) is 60.7 Å². The third kappa shape index (κ3) is 4.92. The maximum Gasteiger partial charge on any atom is 0.224 e. The molecule has 0 saturated carbocycles. The number of hydrogen-bond donors (Lipinski definition) is 1. The Morgan fingerprint density at radius 3 is 2.35 bits per heavy atom. The first-order valence-electron chi connectivity index (χ1n) is 8.55. The van der Waals surface area contributed by atoms with Crippen LogP contribution >= 0.6 is 0 Å². The third-order valence-electron chi connectivity index (χ3n) is 4.15. The van der Waals surface area contributed by atoms with Gasteiger partial charge in [-0.2, -0.15) is 0 Å². The number of amides is 1. The van der Waals surface area contributed by atoms with Crippen LogP contribution < -0.4 is 5.32 Å². The van der Waals surface area contributed by atoms with E-state index in [2.05, 4.69) is 5.32 Å². The number of sulfone groups is 1. The van der Waals surface area contributed by atoms with Gasteiger partial charge in [-0.15, -0.1) is 0 Å². The minimum atomic E-state index is -3.22. The summed E-state index contributed by atoms with van der Waals surface area (Å²) in [5.74, 6) is -0.153. The number of carbonyl (C=O) groups excluding carboxylic acids is 1. The highest BCUT2D eigenvalue weighted by atomic mass is 32.2. The van der Waals surface area contributed by atoms with Crippen molar-refractivity contribution in [3.05, 3.63) is 78.4 Å². The Bertz CT molecular complexity index is 993. The number of nitrogens with one attached hydrogen (secondary N) is 1. The van der Waals surface area contributed by atoms with Crippen LogP contribution in [0.3, 0.4) is 0 Å². The summed E-state index contributed by atoms with van der Waals surface area (Å²) in [6.45, 7) is 0. The molecule has 0 fully saturated rings. The molecule has 0 saturated heterocycles. The zero-order valence-electron chi connectivity index (χ0n) is 14.4. The molecular formula is C21H21NO3S. The van der Waals surface area contributed by atoms with Gasteiger partial charge in [-0.3, -0.25) is 4.79 Å². The lowest BCUT2D eigenvalue weighted by molar-refractivity contribution is -0.116. The number of fused-ring (bicyclic) bond motifs is 1. The smallest absolute Gasteiger partial charge is 0.224 e. The van der Waals surface area contributed by atoms with Gasteiger partial charge in [0.05, 0.1) is 11.5 Å². The van der Waals surface area contributed by atoms with Crippen molar-refractivity contribution in [3.8, 4) is 0 Å². The Morgan fingerprint density at radius 1 is 0.846 bits per heavy atom. The van der Waals surface area contributed by atoms with E-state index >= 15 is 0 Å². The van der Waals surface area contributed by atoms with Crippen molar-refractivity contribution in [2.75, 3.05) is 11.1 Å². The minimum Gasteiger partial charge on any atom is -0.326 e. The van der Waals surface area contributed by atoms with Crippen LogP contribution in [0.4, 0.5) is 5.69 Å². The standard InChI is InChI=1S/C21H21NO3S/c23-21(22-20-13-6-11-18-10-4-5-12-19(18)20)14-7-15-26(24,25)16-17-8-2-1-3-9-17/h1-6,8-13H,7,14-16H2,(H,22,23). The van der Waals surface area contributed by atoms with E-state index in [4.69, 9.17) is 0 Å². The molecule has 26 heavy (non-hydrogen) atoms. The van der Waals surface area contributed by atoms with Gasteiger partial charge in [-0.05, 0) is 23.4 Å². The van der Waals surface area contributed by atoms with Crippen LogP contribution in [0.5, 0.6) is 0 Å². The van der Waals surface area contributed by atoms with Gasteiger partial charge in [0.2, 0.25) is 5.91 Å². The molecular weight excluding hydrogens is 346 g/mol. The number of benzene rings is 3. The van der Waals surface area contributed by atoms with Crippen molar-refractivity contribution in [3.63, 3.8) is 0 Å². The molecule has 0 bridgehead atoms. The molecule has 0 aliphatic rings. The van der Waals surface area contributed by atoms with E-state index in [9.17, 15) is 13.2 Å². The van der Waals surface area contributed by atoms with Gasteiger partial charge in [-0.25, -0.2) is 8.42 Å². The fourth-order valence-electron chi connectivity index (χ4n) is 2.90. The molecule has 0 aliphatic heterocycles. The number of anilines is 1. The quantitative estimate of drug-likeness (QED) is 0.681. The summed E-state index contributed by atoms with van der Waals surface area (Å²) in [6.07, 6.45) is 0.489. The molecule has 1 amide bonds. The van der Waals surface area contributed by atoms with Gasteiger partial charge in [0, 0.05) is 17.5 Å². The van der Waals surface area contributed by atoms with Crippen molar-refractivity contribution < 1.29 is 13.2 Å². The van der Waals surface area contributed by atoms with E-state index < -0.39 is 9.84 Å². The van der Waals surface area contributed by atoms with E-state index in [1.165, 1.54) is 0 Å². The van der Waals surface area contributed by atoms with Gasteiger partial charge in [-0.1, -0.05) is 66.7 Å². The highest BCUT2D eigenvalue weighted by Crippen LogP contribution is 2.23. The lowest BCUT2D eigenvalue weighted by atomic mass is 10.1. The fourth-order valence-corrected chi connectivity index (χ4v) is 4.33. The normalized spacial score (nSPS) is 11.4. The average molecular weight is 367 g/mol. The summed E-state index contributed by atoms with van der Waals surface area (Å²) in [5, 5.41) is 4.91. The SMILES string of the molecule is O=C(CCCS(=O)(=O)Cc1ccccc1)Nc1cccc2ccccc12. The van der Waals surface area contributed by atoms with Gasteiger partial charge in [0.25, 0.3) is 0 Å². The Kier molecular flexibility index (Phi) is 5.68. The number of rotatable bonds is 7. The zero-order valence-corrected chi connectivity index (χ0v) is 15.2. The van der Waals surface area contributed by atoms with Crippen LogP contribution in [0.2, 0.25) is 0 Å². The first-order valence-corrected chi connectivity index (χ1v) is 10.4. The largest absolute Gasteiger partial charge is 0.326 e. The topological polar surface area (TPSA) is 63.2 Å². The molecule has 3 aromatic rings. The molecule has 5 heteroatoms. The van der Waals surface area contributed by atoms with Crippen molar-refractivity contribution in [2.45, 2.75) is 18.6 Å². The second-order valence-electron chi connectivity index (χ2n) is 6.26. The highest BCUT2D eigenvalue weighted by molar-refractivity contribution is 7.90. The second kappa shape index (κ2) is 8.15. The highest BCUT2D eigenvalue weighted by Gasteiger charge is 2.13. The van der Waals surface area contributed by atoms with E-state index in [0.717, 1.165) is 22.0 Å². The monoisotopic (exact) mass is 367 g/mol. The molecule has 3 rings (SSSR count). The molecule has 134 valence electrons. The number of carbonyl (C=O) groups is 1. The first kappa shape index (κ1) is 18.1. The molecule has 0 spiro atoms. The van der Waals surface area contributed by atoms with Crippen molar-refractivity contribution in [1.29, 1.82) is 0 Å². The molecule has 0 unspecified atom stereocenters. The molecule has 3 aromatic carbocycles. The molecule has 0 heterocycles. The molecule has 0 radical (unpaired) electrons. The summed E-state index contributed by atoms with van der Waals surface area (Å²) >= 11 is 0. The zero-order chi connectivity index (χ0) is 18.4. The molecule has 0 aromatic heterocycles. The Balaban J connectivity index is 1.54. The molecule has 0 atom stereocenters. The fraction of sp³-hybridized carbons (Fsp3) is 0.190. The predicted molar refractivity (Wildman–Crippen MR) is 106 cm³/mol. The average Bonchev–Trinajstić information content (AvgIpc) is 2.62. The van der Waals surface area contributed by atoms with Gasteiger partial charge >= 0.3 is 0 Å². The second-order valence-corrected chi connectivity index (χ2v) is 8.44. The predicted octanol–water partition coefficient (Wildman–Crippen LogP) is 4.17. The maximum atomic E-state index is 12.2. The third-order valence-corrected chi connectivity index (χ3v) is 5.84. The van der Waals surface area contributed by atoms with E-state index in [1.54, 1.807) is 12.1 Å². The molecule has 4 nitrogen and oxygen atoms in total. The van der Waals surface area contributed by atoms with Crippen molar-refractivity contribution in [1.82, 2.24) is 0 Å². The minimum absolute atomic E-state index is 0.00481. The van der Waals surface area contributed by atoms with Crippen molar-refractivity contribution >= 4 is 32.2 Å². The Labute approximate surface area is 153 Å². The van der Waals surface area contributed by atoms with E-state index in [0.29, 0.717) is 6.42 Å². The Morgan fingerprint density at radius 2 is 1.54 bits per heavy atom. The summed E-state index contributed by atoms with van der Waals surface area (Å²) in [5.41, 5.74) is 1.52. The van der Waals surface area contributed by atoms with Crippen LogP contribution in [-0.2, 0) is 20.4 Å². The van der Waals surface area contributed by atoms with Gasteiger partial charge in [0.15, 0.2) is 9.84 Å². The van der Waals surface area contributed by atoms with Crippen LogP contribution in [0.1, 0.15) is 18.4 Å². The summed E-state index contributed by atoms with van der Waals surface area (Å²) in [7, 11) is -3.22. The van der Waals surface area contributed by atoms with Gasteiger partial charge in [0.1, 0.15) is 0 Å². The molecule has 0 aliphatic carbocycles. The van der Waals surface area contributed by atoms with Crippen LogP contribution in [0.25, 0.3) is 10.8 Å². The Hall–Kier alpha value is -2.66. The lowest BCUT2D eigenvalue weighted by Crippen LogP contribution is -2.15. The maximum absolute atomic E-state index is 12.2. The summed E-state index contributed by atoms with van der Waals surface area (Å²) in [4.78, 5) is 12.2. The summed E-state index contributed by atoms with van der Waals surface area (Å²) in [6, 6.07) is 22.6. The van der Waals surface area contributed by atoms with Gasteiger partial charge < -0.3 is 5.32 Å². The first-order chi connectivity index (χ1) is 12.5. The summed E-state index contributed by atoms with van der Waals surface area (Å²) < 4.78 is 24.4. The lowest BCUT2D eigenvalue weighted by Gasteiger charge is -2.09.